The summed E-state index contributed by atoms with van der Waals surface area (Å²) < 4.78 is 0. The number of nitrogens with zero attached hydrogens (tertiary/aromatic N) is 2. The maximum absolute atomic E-state index is 12.3. The van der Waals surface area contributed by atoms with Crippen molar-refractivity contribution in [1.29, 1.82) is 0 Å². The van der Waals surface area contributed by atoms with Crippen LogP contribution in [0.15, 0.2) is 30.3 Å². The molecule has 1 aromatic carbocycles. The minimum absolute atomic E-state index is 0.0223. The number of rotatable bonds is 5. The molecule has 2 amide bonds. The van der Waals surface area contributed by atoms with Gasteiger partial charge in [0.25, 0.3) is 0 Å². The Morgan fingerprint density at radius 3 is 2.62 bits per heavy atom. The van der Waals surface area contributed by atoms with E-state index in [1.807, 2.05) is 35.2 Å². The number of benzene rings is 1. The Hall–Kier alpha value is -1.92. The van der Waals surface area contributed by atoms with Gasteiger partial charge in [-0.1, -0.05) is 30.3 Å². The third-order valence-electron chi connectivity index (χ3n) is 4.83. The van der Waals surface area contributed by atoms with E-state index in [9.17, 15) is 9.59 Å². The van der Waals surface area contributed by atoms with Crippen LogP contribution in [0.3, 0.4) is 0 Å². The Morgan fingerprint density at radius 2 is 1.88 bits per heavy atom. The highest BCUT2D eigenvalue weighted by atomic mass is 16.2. The van der Waals surface area contributed by atoms with Crippen LogP contribution in [0.4, 0.5) is 0 Å². The van der Waals surface area contributed by atoms with Crippen LogP contribution in [-0.2, 0) is 16.0 Å². The lowest BCUT2D eigenvalue weighted by molar-refractivity contribution is -0.132. The summed E-state index contributed by atoms with van der Waals surface area (Å²) in [5, 5.41) is 6.10. The predicted octanol–water partition coefficient (Wildman–Crippen LogP) is -0.149. The summed E-state index contributed by atoms with van der Waals surface area (Å²) in [5.74, 6) is -0.0820. The molecule has 130 valence electrons. The molecule has 2 aliphatic rings. The van der Waals surface area contributed by atoms with Crippen molar-refractivity contribution in [3.05, 3.63) is 35.9 Å². The van der Waals surface area contributed by atoms with Crippen LogP contribution < -0.4 is 10.6 Å². The Labute approximate surface area is 143 Å². The monoisotopic (exact) mass is 330 g/mol. The van der Waals surface area contributed by atoms with E-state index < -0.39 is 0 Å². The first kappa shape index (κ1) is 16.9. The van der Waals surface area contributed by atoms with Crippen molar-refractivity contribution in [2.45, 2.75) is 18.9 Å². The van der Waals surface area contributed by atoms with Gasteiger partial charge in [0, 0.05) is 45.3 Å². The lowest BCUT2D eigenvalue weighted by Crippen LogP contribution is -2.49. The first-order chi connectivity index (χ1) is 11.7. The zero-order valence-corrected chi connectivity index (χ0v) is 14.0. The number of carbonyl (C=O) groups excluding carboxylic acids is 2. The molecule has 0 aromatic heterocycles. The summed E-state index contributed by atoms with van der Waals surface area (Å²) >= 11 is 0. The van der Waals surface area contributed by atoms with Crippen molar-refractivity contribution in [3.63, 3.8) is 0 Å². The molecule has 0 bridgehead atoms. The second-order valence-corrected chi connectivity index (χ2v) is 6.51. The standard InChI is InChI=1S/C18H26N4O2/c23-17(12-15-4-2-1-3-5-15)20-13-18(24)22-9-6-16(14-22)21-10-7-19-8-11-21/h1-5,16,19H,6-14H2,(H,20,23). The molecule has 0 aliphatic carbocycles. The highest BCUT2D eigenvalue weighted by Gasteiger charge is 2.30. The first-order valence-electron chi connectivity index (χ1n) is 8.75. The van der Waals surface area contributed by atoms with Crippen molar-refractivity contribution >= 4 is 11.8 Å². The number of likely N-dealkylation sites (tertiary alicyclic amines) is 1. The van der Waals surface area contributed by atoms with E-state index in [2.05, 4.69) is 15.5 Å². The number of hydrogen-bond acceptors (Lipinski definition) is 4. The fourth-order valence-corrected chi connectivity index (χ4v) is 3.44. The maximum Gasteiger partial charge on any atom is 0.242 e. The van der Waals surface area contributed by atoms with Gasteiger partial charge >= 0.3 is 0 Å². The van der Waals surface area contributed by atoms with Crippen molar-refractivity contribution in [2.75, 3.05) is 45.8 Å². The molecular weight excluding hydrogens is 304 g/mol. The fourth-order valence-electron chi connectivity index (χ4n) is 3.44. The minimum Gasteiger partial charge on any atom is -0.347 e. The molecule has 2 aliphatic heterocycles. The van der Waals surface area contributed by atoms with E-state index in [-0.39, 0.29) is 18.4 Å². The smallest absolute Gasteiger partial charge is 0.242 e. The molecule has 1 aromatic rings. The van der Waals surface area contributed by atoms with Gasteiger partial charge in [-0.15, -0.1) is 0 Å². The highest BCUT2D eigenvalue weighted by Crippen LogP contribution is 2.16. The van der Waals surface area contributed by atoms with Gasteiger partial charge in [-0.2, -0.15) is 0 Å². The number of carbonyl (C=O) groups is 2. The van der Waals surface area contributed by atoms with Gasteiger partial charge < -0.3 is 15.5 Å². The third-order valence-corrected chi connectivity index (χ3v) is 4.83. The van der Waals surface area contributed by atoms with Gasteiger partial charge in [0.1, 0.15) is 0 Å². The maximum atomic E-state index is 12.3. The fraction of sp³-hybridized carbons (Fsp3) is 0.556. The predicted molar refractivity (Wildman–Crippen MR) is 92.6 cm³/mol. The van der Waals surface area contributed by atoms with Crippen molar-refractivity contribution < 1.29 is 9.59 Å². The summed E-state index contributed by atoms with van der Waals surface area (Å²) in [5.41, 5.74) is 0.961. The summed E-state index contributed by atoms with van der Waals surface area (Å²) in [6, 6.07) is 10.0. The van der Waals surface area contributed by atoms with E-state index >= 15 is 0 Å². The topological polar surface area (TPSA) is 64.7 Å². The SMILES string of the molecule is O=C(Cc1ccccc1)NCC(=O)N1CCC(N2CCNCC2)C1. The second-order valence-electron chi connectivity index (χ2n) is 6.51. The average molecular weight is 330 g/mol. The summed E-state index contributed by atoms with van der Waals surface area (Å²) in [4.78, 5) is 28.6. The van der Waals surface area contributed by atoms with Gasteiger partial charge in [0.05, 0.1) is 13.0 Å². The largest absolute Gasteiger partial charge is 0.347 e. The van der Waals surface area contributed by atoms with Gasteiger partial charge in [-0.3, -0.25) is 14.5 Å². The molecule has 3 rings (SSSR count). The zero-order chi connectivity index (χ0) is 16.8. The molecule has 1 atom stereocenters. The highest BCUT2D eigenvalue weighted by molar-refractivity contribution is 5.85. The van der Waals surface area contributed by atoms with Crippen molar-refractivity contribution in [1.82, 2.24) is 20.4 Å². The van der Waals surface area contributed by atoms with Crippen LogP contribution >= 0.6 is 0 Å². The van der Waals surface area contributed by atoms with Crippen LogP contribution in [-0.4, -0.2) is 73.5 Å². The number of amides is 2. The average Bonchev–Trinajstić information content (AvgIpc) is 3.11. The van der Waals surface area contributed by atoms with Crippen molar-refractivity contribution in [3.8, 4) is 0 Å². The number of piperazine rings is 1. The van der Waals surface area contributed by atoms with E-state index in [0.29, 0.717) is 12.5 Å². The summed E-state index contributed by atoms with van der Waals surface area (Å²) in [6.07, 6.45) is 1.35. The molecule has 0 saturated carbocycles. The molecule has 2 heterocycles. The van der Waals surface area contributed by atoms with Crippen LogP contribution in [0, 0.1) is 0 Å². The van der Waals surface area contributed by atoms with E-state index in [1.165, 1.54) is 0 Å². The lowest BCUT2D eigenvalue weighted by Gasteiger charge is -2.32. The molecule has 1 unspecified atom stereocenters. The lowest BCUT2D eigenvalue weighted by atomic mass is 10.1. The summed E-state index contributed by atoms with van der Waals surface area (Å²) in [6.45, 7) is 5.84. The molecule has 0 radical (unpaired) electrons. The molecule has 2 saturated heterocycles. The normalized spacial score (nSPS) is 21.7. The molecule has 6 nitrogen and oxygen atoms in total. The van der Waals surface area contributed by atoms with Crippen molar-refractivity contribution in [2.24, 2.45) is 0 Å². The Balaban J connectivity index is 1.40. The van der Waals surface area contributed by atoms with Gasteiger partial charge in [-0.05, 0) is 12.0 Å². The van der Waals surface area contributed by atoms with E-state index in [0.717, 1.165) is 51.3 Å². The Bertz CT molecular complexity index is 557. The number of hydrogen-bond donors (Lipinski definition) is 2. The molecule has 2 fully saturated rings. The zero-order valence-electron chi connectivity index (χ0n) is 14.0. The minimum atomic E-state index is -0.104. The number of nitrogens with one attached hydrogen (secondary N) is 2. The quantitative estimate of drug-likeness (QED) is 0.788. The summed E-state index contributed by atoms with van der Waals surface area (Å²) in [7, 11) is 0. The van der Waals surface area contributed by atoms with Crippen LogP contribution in [0.5, 0.6) is 0 Å². The van der Waals surface area contributed by atoms with Crippen LogP contribution in [0.2, 0.25) is 0 Å². The van der Waals surface area contributed by atoms with Crippen LogP contribution in [0.1, 0.15) is 12.0 Å². The molecule has 24 heavy (non-hydrogen) atoms. The van der Waals surface area contributed by atoms with E-state index in [4.69, 9.17) is 0 Å². The van der Waals surface area contributed by atoms with Crippen LogP contribution in [0.25, 0.3) is 0 Å². The Morgan fingerprint density at radius 1 is 1.12 bits per heavy atom. The first-order valence-corrected chi connectivity index (χ1v) is 8.75. The third kappa shape index (κ3) is 4.55. The van der Waals surface area contributed by atoms with Gasteiger partial charge in [0.15, 0.2) is 0 Å². The molecular formula is C18H26N4O2. The second kappa shape index (κ2) is 8.26. The Kier molecular flexibility index (Phi) is 5.82. The van der Waals surface area contributed by atoms with E-state index in [1.54, 1.807) is 0 Å². The van der Waals surface area contributed by atoms with Gasteiger partial charge in [-0.25, -0.2) is 0 Å². The molecule has 2 N–H and O–H groups in total. The molecule has 6 heteroatoms. The molecule has 0 spiro atoms. The van der Waals surface area contributed by atoms with Gasteiger partial charge in [0.2, 0.25) is 11.8 Å².